The van der Waals surface area contributed by atoms with Gasteiger partial charge in [-0.1, -0.05) is 19.9 Å². The summed E-state index contributed by atoms with van der Waals surface area (Å²) in [6.45, 7) is 6.58. The highest BCUT2D eigenvalue weighted by Crippen LogP contribution is 2.40. The van der Waals surface area contributed by atoms with E-state index in [4.69, 9.17) is 4.98 Å². The van der Waals surface area contributed by atoms with Gasteiger partial charge in [0.05, 0.1) is 5.69 Å². The van der Waals surface area contributed by atoms with E-state index in [1.54, 1.807) is 0 Å². The zero-order chi connectivity index (χ0) is 10.5. The van der Waals surface area contributed by atoms with E-state index >= 15 is 0 Å². The summed E-state index contributed by atoms with van der Waals surface area (Å²) in [6, 6.07) is 4.49. The van der Waals surface area contributed by atoms with Crippen molar-refractivity contribution in [2.75, 3.05) is 6.54 Å². The van der Waals surface area contributed by atoms with E-state index in [9.17, 15) is 0 Å². The highest BCUT2D eigenvalue weighted by molar-refractivity contribution is 5.33. The molecule has 1 aromatic heterocycles. The summed E-state index contributed by atoms with van der Waals surface area (Å²) in [5.41, 5.74) is 4.23. The van der Waals surface area contributed by atoms with Crippen molar-refractivity contribution < 1.29 is 0 Å². The number of fused-ring (bicyclic) bond motifs is 1. The van der Waals surface area contributed by atoms with E-state index in [0.717, 1.165) is 19.0 Å². The van der Waals surface area contributed by atoms with Crippen LogP contribution in [0.25, 0.3) is 0 Å². The molecule has 2 heteroatoms. The summed E-state index contributed by atoms with van der Waals surface area (Å²) in [5.74, 6) is 0.765. The van der Waals surface area contributed by atoms with Gasteiger partial charge in [0.1, 0.15) is 0 Å². The molecule has 1 saturated carbocycles. The molecular weight excluding hydrogens is 184 g/mol. The number of hydrogen-bond donors (Lipinski definition) is 1. The van der Waals surface area contributed by atoms with Gasteiger partial charge in [0.25, 0.3) is 0 Å². The standard InChI is InChI=1S/C13H18N2/c1-13(2)8-14-7-10-5-6-11(9-3-4-9)15-12(10)13/h5-6,9,14H,3-4,7-8H2,1-2H3. The minimum Gasteiger partial charge on any atom is -0.312 e. The monoisotopic (exact) mass is 202 g/mol. The average Bonchev–Trinajstić information content (AvgIpc) is 3.00. The van der Waals surface area contributed by atoms with E-state index in [1.165, 1.54) is 29.8 Å². The molecule has 0 aromatic carbocycles. The van der Waals surface area contributed by atoms with Crippen LogP contribution in [0.2, 0.25) is 0 Å². The normalized spacial score (nSPS) is 23.6. The van der Waals surface area contributed by atoms with Gasteiger partial charge in [-0.3, -0.25) is 4.98 Å². The van der Waals surface area contributed by atoms with Crippen molar-refractivity contribution in [2.45, 2.75) is 44.6 Å². The molecule has 0 spiro atoms. The molecule has 0 radical (unpaired) electrons. The molecule has 0 atom stereocenters. The van der Waals surface area contributed by atoms with Crippen LogP contribution in [0, 0.1) is 0 Å². The van der Waals surface area contributed by atoms with Crippen molar-refractivity contribution in [2.24, 2.45) is 0 Å². The summed E-state index contributed by atoms with van der Waals surface area (Å²) in [6.07, 6.45) is 2.68. The van der Waals surface area contributed by atoms with Gasteiger partial charge in [0, 0.05) is 30.1 Å². The Balaban J connectivity index is 2.07. The lowest BCUT2D eigenvalue weighted by Gasteiger charge is -2.32. The Kier molecular flexibility index (Phi) is 1.90. The van der Waals surface area contributed by atoms with Gasteiger partial charge < -0.3 is 5.32 Å². The van der Waals surface area contributed by atoms with Crippen LogP contribution in [0.15, 0.2) is 12.1 Å². The van der Waals surface area contributed by atoms with Gasteiger partial charge >= 0.3 is 0 Å². The van der Waals surface area contributed by atoms with Crippen LogP contribution in [0.4, 0.5) is 0 Å². The van der Waals surface area contributed by atoms with Gasteiger partial charge in [0.15, 0.2) is 0 Å². The summed E-state index contributed by atoms with van der Waals surface area (Å²) >= 11 is 0. The molecule has 3 rings (SSSR count). The fourth-order valence-corrected chi connectivity index (χ4v) is 2.43. The third kappa shape index (κ3) is 1.57. The number of rotatable bonds is 1. The Morgan fingerprint density at radius 1 is 1.33 bits per heavy atom. The van der Waals surface area contributed by atoms with Crippen molar-refractivity contribution in [3.63, 3.8) is 0 Å². The van der Waals surface area contributed by atoms with E-state index in [0.29, 0.717) is 0 Å². The second-order valence-electron chi connectivity index (χ2n) is 5.51. The van der Waals surface area contributed by atoms with E-state index in [-0.39, 0.29) is 5.41 Å². The predicted molar refractivity (Wildman–Crippen MR) is 60.9 cm³/mol. The average molecular weight is 202 g/mol. The molecule has 1 fully saturated rings. The van der Waals surface area contributed by atoms with Gasteiger partial charge in [-0.15, -0.1) is 0 Å². The number of nitrogens with one attached hydrogen (secondary N) is 1. The molecule has 2 nitrogen and oxygen atoms in total. The van der Waals surface area contributed by atoms with Crippen LogP contribution in [0.5, 0.6) is 0 Å². The fourth-order valence-electron chi connectivity index (χ4n) is 2.43. The molecular formula is C13H18N2. The SMILES string of the molecule is CC1(C)CNCc2ccc(C3CC3)nc21. The largest absolute Gasteiger partial charge is 0.312 e. The van der Waals surface area contributed by atoms with Crippen molar-refractivity contribution in [1.82, 2.24) is 10.3 Å². The van der Waals surface area contributed by atoms with Gasteiger partial charge in [-0.25, -0.2) is 0 Å². The number of hydrogen-bond acceptors (Lipinski definition) is 2. The summed E-state index contributed by atoms with van der Waals surface area (Å²) in [5, 5.41) is 3.46. The molecule has 0 saturated heterocycles. The Hall–Kier alpha value is -0.890. The zero-order valence-corrected chi connectivity index (χ0v) is 9.51. The molecule has 2 aliphatic rings. The fraction of sp³-hybridized carbons (Fsp3) is 0.615. The van der Waals surface area contributed by atoms with Gasteiger partial charge in [0.2, 0.25) is 0 Å². The maximum atomic E-state index is 4.89. The molecule has 0 bridgehead atoms. The van der Waals surface area contributed by atoms with Crippen molar-refractivity contribution >= 4 is 0 Å². The van der Waals surface area contributed by atoms with Gasteiger partial charge in [-0.05, 0) is 24.5 Å². The van der Waals surface area contributed by atoms with Crippen LogP contribution in [-0.4, -0.2) is 11.5 Å². The maximum Gasteiger partial charge on any atom is 0.0520 e. The molecule has 2 heterocycles. The van der Waals surface area contributed by atoms with E-state index < -0.39 is 0 Å². The molecule has 80 valence electrons. The maximum absolute atomic E-state index is 4.89. The number of aromatic nitrogens is 1. The summed E-state index contributed by atoms with van der Waals surface area (Å²) < 4.78 is 0. The van der Waals surface area contributed by atoms with E-state index in [1.807, 2.05) is 0 Å². The highest BCUT2D eigenvalue weighted by atomic mass is 14.9. The number of nitrogens with zero attached hydrogens (tertiary/aromatic N) is 1. The van der Waals surface area contributed by atoms with Crippen LogP contribution in [0.3, 0.4) is 0 Å². The lowest BCUT2D eigenvalue weighted by Crippen LogP contribution is -2.39. The van der Waals surface area contributed by atoms with Crippen LogP contribution >= 0.6 is 0 Å². The first-order chi connectivity index (χ1) is 7.17. The molecule has 0 unspecified atom stereocenters. The Bertz CT molecular complexity index is 392. The van der Waals surface area contributed by atoms with Crippen LogP contribution in [0.1, 0.15) is 49.6 Å². The third-order valence-electron chi connectivity index (χ3n) is 3.52. The smallest absolute Gasteiger partial charge is 0.0520 e. The summed E-state index contributed by atoms with van der Waals surface area (Å²) in [7, 11) is 0. The predicted octanol–water partition coefficient (Wildman–Crippen LogP) is 2.34. The molecule has 1 aliphatic heterocycles. The summed E-state index contributed by atoms with van der Waals surface area (Å²) in [4.78, 5) is 4.89. The van der Waals surface area contributed by atoms with Crippen molar-refractivity contribution in [3.05, 3.63) is 29.1 Å². The van der Waals surface area contributed by atoms with E-state index in [2.05, 4.69) is 31.3 Å². The first-order valence-electron chi connectivity index (χ1n) is 5.88. The van der Waals surface area contributed by atoms with Crippen LogP contribution in [-0.2, 0) is 12.0 Å². The quantitative estimate of drug-likeness (QED) is 0.756. The first kappa shape index (κ1) is 9.34. The minimum absolute atomic E-state index is 0.193. The molecule has 15 heavy (non-hydrogen) atoms. The first-order valence-corrected chi connectivity index (χ1v) is 5.88. The molecule has 0 amide bonds. The van der Waals surface area contributed by atoms with Gasteiger partial charge in [-0.2, -0.15) is 0 Å². The third-order valence-corrected chi connectivity index (χ3v) is 3.52. The van der Waals surface area contributed by atoms with Crippen LogP contribution < -0.4 is 5.32 Å². The molecule has 1 N–H and O–H groups in total. The Morgan fingerprint density at radius 3 is 2.87 bits per heavy atom. The second kappa shape index (κ2) is 3.05. The Labute approximate surface area is 91.1 Å². The number of pyridine rings is 1. The topological polar surface area (TPSA) is 24.9 Å². The molecule has 1 aliphatic carbocycles. The lowest BCUT2D eigenvalue weighted by molar-refractivity contribution is 0.420. The molecule has 1 aromatic rings. The Morgan fingerprint density at radius 2 is 2.13 bits per heavy atom. The second-order valence-corrected chi connectivity index (χ2v) is 5.51. The zero-order valence-electron chi connectivity index (χ0n) is 9.51. The van der Waals surface area contributed by atoms with Crippen molar-refractivity contribution in [1.29, 1.82) is 0 Å². The lowest BCUT2D eigenvalue weighted by atomic mass is 9.83. The minimum atomic E-state index is 0.193. The van der Waals surface area contributed by atoms with Crippen molar-refractivity contribution in [3.8, 4) is 0 Å². The highest BCUT2D eigenvalue weighted by Gasteiger charge is 2.31.